The molecule has 0 aliphatic heterocycles. The first kappa shape index (κ1) is 11.0. The highest BCUT2D eigenvalue weighted by atomic mass is 15.1. The molecule has 0 heterocycles. The van der Waals surface area contributed by atoms with E-state index in [9.17, 15) is 1.37 Å². The third-order valence-electron chi connectivity index (χ3n) is 4.09. The van der Waals surface area contributed by atoms with Gasteiger partial charge in [0, 0.05) is 46.8 Å². The van der Waals surface area contributed by atoms with Crippen molar-refractivity contribution in [3.8, 4) is 0 Å². The van der Waals surface area contributed by atoms with Crippen LogP contribution in [0.3, 0.4) is 0 Å². The Kier molecular flexibility index (Phi) is 3.27. The second-order valence-corrected chi connectivity index (χ2v) is 6.26. The molecule has 3 aromatic carbocycles. The van der Waals surface area contributed by atoms with Gasteiger partial charge in [-0.05, 0) is 41.0 Å². The normalized spacial score (nSPS) is 14.6. The van der Waals surface area contributed by atoms with E-state index in [1.807, 2.05) is 62.3 Å². The molecular formula is C23H26N2. The lowest BCUT2D eigenvalue weighted by Crippen LogP contribution is -2.10. The van der Waals surface area contributed by atoms with Gasteiger partial charge in [-0.3, -0.25) is 0 Å². The van der Waals surface area contributed by atoms with Crippen molar-refractivity contribution in [2.45, 2.75) is 5.89 Å². The molecule has 0 saturated carbocycles. The predicted molar refractivity (Wildman–Crippen MR) is 109 cm³/mol. The molecule has 0 N–H and O–H groups in total. The van der Waals surface area contributed by atoms with Gasteiger partial charge >= 0.3 is 0 Å². The number of anilines is 2. The van der Waals surface area contributed by atoms with Crippen LogP contribution in [0.1, 0.15) is 30.8 Å². The van der Waals surface area contributed by atoms with E-state index < -0.39 is 24.0 Å². The van der Waals surface area contributed by atoms with Gasteiger partial charge < -0.3 is 9.80 Å². The Labute approximate surface area is 159 Å². The van der Waals surface area contributed by atoms with Crippen LogP contribution < -0.4 is 9.80 Å². The molecule has 0 amide bonds. The van der Waals surface area contributed by atoms with E-state index in [2.05, 4.69) is 0 Å². The van der Waals surface area contributed by atoms with Crippen molar-refractivity contribution >= 4 is 11.4 Å². The van der Waals surface area contributed by atoms with Crippen LogP contribution in [0.15, 0.2) is 78.7 Å². The molecule has 0 radical (unpaired) electrons. The molecule has 3 aromatic rings. The quantitative estimate of drug-likeness (QED) is 0.605. The van der Waals surface area contributed by atoms with Crippen LogP contribution in [-0.2, 0) is 0 Å². The second-order valence-electron chi connectivity index (χ2n) is 6.26. The molecule has 0 fully saturated rings. The maximum Gasteiger partial charge on any atom is 0.0626 e. The fraction of sp³-hybridized carbons (Fsp3) is 0.217. The molecule has 0 aliphatic rings. The van der Waals surface area contributed by atoms with Gasteiger partial charge in [-0.15, -0.1) is 0 Å². The van der Waals surface area contributed by atoms with Crippen molar-refractivity contribution in [1.29, 1.82) is 0 Å². The van der Waals surface area contributed by atoms with E-state index in [0.29, 0.717) is 11.1 Å². The molecule has 2 heteroatoms. The standard InChI is InChI=1S/C23H26N2/c1-24(2)21-14-10-19(11-15-21)23(18-8-6-5-7-9-18)20-12-16-22(17-13-20)25(3)4/h5-17,23H,1-4H3/i5D,6D,7D,8D,9D,23D. The number of rotatable bonds is 5. The van der Waals surface area contributed by atoms with Crippen LogP contribution >= 0.6 is 0 Å². The highest BCUT2D eigenvalue weighted by Gasteiger charge is 2.16. The van der Waals surface area contributed by atoms with E-state index in [0.717, 1.165) is 11.4 Å². The zero-order valence-electron chi connectivity index (χ0n) is 21.0. The monoisotopic (exact) mass is 336 g/mol. The number of benzene rings is 3. The fourth-order valence-corrected chi connectivity index (χ4v) is 2.68. The Bertz CT molecular complexity index is 1010. The number of nitrogens with zero attached hydrogens (tertiary/aromatic N) is 2. The molecule has 0 unspecified atom stereocenters. The first-order valence-corrected chi connectivity index (χ1v) is 8.13. The Morgan fingerprint density at radius 3 is 1.40 bits per heavy atom. The summed E-state index contributed by atoms with van der Waals surface area (Å²) < 4.78 is 50.7. The zero-order chi connectivity index (χ0) is 23.1. The SMILES string of the molecule is [2H]c1c([2H])c([2H])c(C([2H])(c2ccc(N(C)C)cc2)c2ccc(N(C)C)cc2)c([2H])c1[2H]. The molecule has 0 atom stereocenters. The average molecular weight is 337 g/mol. The van der Waals surface area contributed by atoms with Crippen LogP contribution in [0.25, 0.3) is 0 Å². The Balaban J connectivity index is 2.35. The van der Waals surface area contributed by atoms with Crippen LogP contribution in [-0.4, -0.2) is 28.2 Å². The van der Waals surface area contributed by atoms with Crippen molar-refractivity contribution in [3.05, 3.63) is 95.4 Å². The van der Waals surface area contributed by atoms with Gasteiger partial charge in [-0.2, -0.15) is 0 Å². The fourth-order valence-electron chi connectivity index (χ4n) is 2.68. The molecule has 0 spiro atoms. The molecule has 2 nitrogen and oxygen atoms in total. The van der Waals surface area contributed by atoms with E-state index in [-0.39, 0.29) is 17.6 Å². The number of hydrogen-bond donors (Lipinski definition) is 0. The summed E-state index contributed by atoms with van der Waals surface area (Å²) in [7, 11) is 7.66. The lowest BCUT2D eigenvalue weighted by atomic mass is 9.85. The van der Waals surface area contributed by atoms with Gasteiger partial charge in [-0.1, -0.05) is 54.5 Å². The van der Waals surface area contributed by atoms with Gasteiger partial charge in [0.1, 0.15) is 0 Å². The molecule has 0 aromatic heterocycles. The van der Waals surface area contributed by atoms with Crippen LogP contribution in [0, 0.1) is 0 Å². The molecule has 3 rings (SSSR count). The summed E-state index contributed by atoms with van der Waals surface area (Å²) in [5.74, 6) is -1.69. The lowest BCUT2D eigenvalue weighted by molar-refractivity contribution is 0.973. The summed E-state index contributed by atoms with van der Waals surface area (Å²) in [6.45, 7) is 0. The summed E-state index contributed by atoms with van der Waals surface area (Å²) in [5.41, 5.74) is 2.86. The van der Waals surface area contributed by atoms with Crippen molar-refractivity contribution < 1.29 is 8.22 Å². The zero-order valence-corrected chi connectivity index (χ0v) is 15.0. The van der Waals surface area contributed by atoms with E-state index in [4.69, 9.17) is 6.85 Å². The maximum atomic E-state index is 9.55. The average Bonchev–Trinajstić information content (AvgIpc) is 2.76. The third kappa shape index (κ3) is 3.85. The smallest absolute Gasteiger partial charge is 0.0626 e. The lowest BCUT2D eigenvalue weighted by Gasteiger charge is -2.21. The van der Waals surface area contributed by atoms with Gasteiger partial charge in [0.05, 0.1) is 6.85 Å². The van der Waals surface area contributed by atoms with Crippen LogP contribution in [0.5, 0.6) is 0 Å². The topological polar surface area (TPSA) is 6.48 Å². The summed E-state index contributed by atoms with van der Waals surface area (Å²) >= 11 is 0. The van der Waals surface area contributed by atoms with Crippen molar-refractivity contribution in [1.82, 2.24) is 0 Å². The van der Waals surface area contributed by atoms with Gasteiger partial charge in [0.25, 0.3) is 0 Å². The predicted octanol–water partition coefficient (Wildman–Crippen LogP) is 5.00. The van der Waals surface area contributed by atoms with Crippen LogP contribution in [0.2, 0.25) is 0 Å². The molecular weight excluding hydrogens is 304 g/mol. The van der Waals surface area contributed by atoms with Gasteiger partial charge in [0.2, 0.25) is 0 Å². The maximum absolute atomic E-state index is 9.55. The summed E-state index contributed by atoms with van der Waals surface area (Å²) in [6.07, 6.45) is 0. The third-order valence-corrected chi connectivity index (χ3v) is 4.09. The van der Waals surface area contributed by atoms with Crippen molar-refractivity contribution in [2.24, 2.45) is 0 Å². The summed E-state index contributed by atoms with van der Waals surface area (Å²) in [6, 6.07) is 12.5. The van der Waals surface area contributed by atoms with Crippen molar-refractivity contribution in [2.75, 3.05) is 38.0 Å². The van der Waals surface area contributed by atoms with Gasteiger partial charge in [0.15, 0.2) is 0 Å². The van der Waals surface area contributed by atoms with Crippen LogP contribution in [0.4, 0.5) is 11.4 Å². The summed E-state index contributed by atoms with van der Waals surface area (Å²) in [4.78, 5) is 3.87. The first-order chi connectivity index (χ1) is 14.5. The van der Waals surface area contributed by atoms with E-state index >= 15 is 0 Å². The molecule has 128 valence electrons. The highest BCUT2D eigenvalue weighted by Crippen LogP contribution is 2.33. The highest BCUT2D eigenvalue weighted by molar-refractivity contribution is 5.53. The summed E-state index contributed by atoms with van der Waals surface area (Å²) in [5, 5.41) is 0. The largest absolute Gasteiger partial charge is 0.378 e. The van der Waals surface area contributed by atoms with Gasteiger partial charge in [-0.25, -0.2) is 0 Å². The van der Waals surface area contributed by atoms with E-state index in [1.165, 1.54) is 0 Å². The first-order valence-electron chi connectivity index (χ1n) is 11.1. The minimum Gasteiger partial charge on any atom is -0.378 e. The minimum atomic E-state index is -1.69. The Morgan fingerprint density at radius 1 is 0.640 bits per heavy atom. The Hall–Kier alpha value is -2.74. The van der Waals surface area contributed by atoms with Crippen molar-refractivity contribution in [3.63, 3.8) is 0 Å². The number of hydrogen-bond acceptors (Lipinski definition) is 2. The Morgan fingerprint density at radius 2 is 1.04 bits per heavy atom. The van der Waals surface area contributed by atoms with E-state index in [1.54, 1.807) is 24.3 Å². The molecule has 0 aliphatic carbocycles. The molecule has 0 bridgehead atoms. The minimum absolute atomic E-state index is 0.0614. The molecule has 25 heavy (non-hydrogen) atoms. The second kappa shape index (κ2) is 7.43. The molecule has 0 saturated heterocycles.